The van der Waals surface area contributed by atoms with Crippen LogP contribution in [0.4, 0.5) is 0 Å². The number of oxazole rings is 1. The van der Waals surface area contributed by atoms with E-state index in [1.807, 2.05) is 38.1 Å². The first kappa shape index (κ1) is 13.2. The molecule has 104 valence electrons. The van der Waals surface area contributed by atoms with Gasteiger partial charge in [0.25, 0.3) is 0 Å². The number of furan rings is 1. The average Bonchev–Trinajstić information content (AvgIpc) is 2.99. The highest BCUT2D eigenvalue weighted by Gasteiger charge is 2.15. The summed E-state index contributed by atoms with van der Waals surface area (Å²) in [7, 11) is 0. The van der Waals surface area contributed by atoms with E-state index >= 15 is 0 Å². The van der Waals surface area contributed by atoms with Crippen molar-refractivity contribution < 1.29 is 8.83 Å². The monoisotopic (exact) mass is 335 g/mol. The molecule has 0 aliphatic rings. The summed E-state index contributed by atoms with van der Waals surface area (Å²) < 4.78 is 12.2. The van der Waals surface area contributed by atoms with E-state index in [1.165, 1.54) is 0 Å². The van der Waals surface area contributed by atoms with Crippen molar-refractivity contribution in [1.29, 1.82) is 0 Å². The summed E-state index contributed by atoms with van der Waals surface area (Å²) in [6, 6.07) is 7.78. The molecule has 0 spiro atoms. The van der Waals surface area contributed by atoms with Crippen molar-refractivity contribution in [2.45, 2.75) is 25.2 Å². The minimum Gasteiger partial charge on any atom is -0.469 e. The van der Waals surface area contributed by atoms with Gasteiger partial charge in [0, 0.05) is 12.1 Å². The Balaban J connectivity index is 2.07. The van der Waals surface area contributed by atoms with Gasteiger partial charge >= 0.3 is 5.76 Å². The lowest BCUT2D eigenvalue weighted by Gasteiger charge is -2.07. The predicted molar refractivity (Wildman–Crippen MR) is 80.4 cm³/mol. The molecule has 4 nitrogen and oxygen atoms in total. The van der Waals surface area contributed by atoms with Crippen LogP contribution in [0.25, 0.3) is 11.1 Å². The van der Waals surface area contributed by atoms with Crippen molar-refractivity contribution in [3.05, 3.63) is 58.0 Å². The molecular formula is C15H14BrNO3. The summed E-state index contributed by atoms with van der Waals surface area (Å²) >= 11 is 3.65. The van der Waals surface area contributed by atoms with Crippen LogP contribution in [0, 0.1) is 6.92 Å². The van der Waals surface area contributed by atoms with Gasteiger partial charge in [-0.15, -0.1) is 0 Å². The van der Waals surface area contributed by atoms with Crippen LogP contribution in [0.5, 0.6) is 0 Å². The standard InChI is InChI=1S/C15H14BrNO3/c1-3-17-12-5-4-10(7-13(12)20-15(17)18)14(16)11-6-9(2)19-8-11/h4-8,14H,3H2,1-2H3. The Morgan fingerprint density at radius 2 is 2.10 bits per heavy atom. The van der Waals surface area contributed by atoms with Gasteiger partial charge < -0.3 is 8.83 Å². The van der Waals surface area contributed by atoms with Crippen LogP contribution in [0.2, 0.25) is 0 Å². The van der Waals surface area contributed by atoms with E-state index in [2.05, 4.69) is 15.9 Å². The van der Waals surface area contributed by atoms with Gasteiger partial charge in [-0.05, 0) is 37.6 Å². The van der Waals surface area contributed by atoms with E-state index in [4.69, 9.17) is 8.83 Å². The molecule has 3 rings (SSSR count). The second-order valence-electron chi connectivity index (χ2n) is 4.69. The summed E-state index contributed by atoms with van der Waals surface area (Å²) in [5.41, 5.74) is 3.50. The first-order valence-electron chi connectivity index (χ1n) is 6.42. The maximum Gasteiger partial charge on any atom is 0.419 e. The van der Waals surface area contributed by atoms with Gasteiger partial charge in [0.15, 0.2) is 5.58 Å². The number of hydrogen-bond donors (Lipinski definition) is 0. The largest absolute Gasteiger partial charge is 0.469 e. The number of nitrogens with zero attached hydrogens (tertiary/aromatic N) is 1. The molecule has 0 saturated heterocycles. The van der Waals surface area contributed by atoms with Crippen molar-refractivity contribution in [1.82, 2.24) is 4.57 Å². The first-order chi connectivity index (χ1) is 9.60. The predicted octanol–water partition coefficient (Wildman–Crippen LogP) is 4.00. The van der Waals surface area contributed by atoms with E-state index in [-0.39, 0.29) is 10.6 Å². The SMILES string of the molecule is CCn1c(=O)oc2cc(C(Br)c3coc(C)c3)ccc21. The van der Waals surface area contributed by atoms with E-state index in [1.54, 1.807) is 10.8 Å². The fourth-order valence-corrected chi connectivity index (χ4v) is 2.85. The zero-order valence-corrected chi connectivity index (χ0v) is 12.8. The average molecular weight is 336 g/mol. The third-order valence-corrected chi connectivity index (χ3v) is 4.40. The third kappa shape index (κ3) is 2.12. The van der Waals surface area contributed by atoms with Crippen molar-refractivity contribution in [3.63, 3.8) is 0 Å². The lowest BCUT2D eigenvalue weighted by molar-refractivity contribution is 0.513. The Morgan fingerprint density at radius 1 is 1.30 bits per heavy atom. The summed E-state index contributed by atoms with van der Waals surface area (Å²) in [5, 5.41) is 0. The molecule has 2 heterocycles. The maximum atomic E-state index is 11.7. The second-order valence-corrected chi connectivity index (χ2v) is 5.61. The van der Waals surface area contributed by atoms with E-state index in [0.717, 1.165) is 22.4 Å². The molecule has 0 N–H and O–H groups in total. The molecule has 1 aromatic carbocycles. The molecule has 1 unspecified atom stereocenters. The Hall–Kier alpha value is -1.75. The van der Waals surface area contributed by atoms with Gasteiger partial charge in [0.2, 0.25) is 0 Å². The smallest absolute Gasteiger partial charge is 0.419 e. The highest BCUT2D eigenvalue weighted by Crippen LogP contribution is 2.33. The number of halogens is 1. The van der Waals surface area contributed by atoms with Gasteiger partial charge in [0.05, 0.1) is 16.6 Å². The molecular weight excluding hydrogens is 322 g/mol. The molecule has 0 amide bonds. The normalized spacial score (nSPS) is 12.9. The third-order valence-electron chi connectivity index (χ3n) is 3.34. The number of benzene rings is 1. The molecule has 0 fully saturated rings. The van der Waals surface area contributed by atoms with E-state index < -0.39 is 0 Å². The number of fused-ring (bicyclic) bond motifs is 1. The van der Waals surface area contributed by atoms with Gasteiger partial charge in [-0.3, -0.25) is 4.57 Å². The number of alkyl halides is 1. The van der Waals surface area contributed by atoms with Gasteiger partial charge in [0.1, 0.15) is 5.76 Å². The van der Waals surface area contributed by atoms with Crippen LogP contribution >= 0.6 is 15.9 Å². The number of aryl methyl sites for hydroxylation is 2. The van der Waals surface area contributed by atoms with E-state index in [0.29, 0.717) is 12.1 Å². The maximum absolute atomic E-state index is 11.7. The number of rotatable bonds is 3. The van der Waals surface area contributed by atoms with Crippen molar-refractivity contribution in [2.24, 2.45) is 0 Å². The number of hydrogen-bond acceptors (Lipinski definition) is 3. The Kier molecular flexibility index (Phi) is 3.30. The molecule has 0 aliphatic heterocycles. The molecule has 5 heteroatoms. The molecule has 20 heavy (non-hydrogen) atoms. The molecule has 0 aliphatic carbocycles. The minimum absolute atomic E-state index is 0.0135. The van der Waals surface area contributed by atoms with Crippen LogP contribution < -0.4 is 5.76 Å². The molecule has 1 atom stereocenters. The van der Waals surface area contributed by atoms with Crippen molar-refractivity contribution in [3.8, 4) is 0 Å². The minimum atomic E-state index is -0.315. The highest BCUT2D eigenvalue weighted by atomic mass is 79.9. The molecule has 0 bridgehead atoms. The Morgan fingerprint density at radius 3 is 2.75 bits per heavy atom. The van der Waals surface area contributed by atoms with E-state index in [9.17, 15) is 4.79 Å². The van der Waals surface area contributed by atoms with Crippen LogP contribution in [0.3, 0.4) is 0 Å². The zero-order valence-electron chi connectivity index (χ0n) is 11.2. The summed E-state index contributed by atoms with van der Waals surface area (Å²) in [6.07, 6.45) is 1.73. The summed E-state index contributed by atoms with van der Waals surface area (Å²) in [5.74, 6) is 0.555. The quantitative estimate of drug-likeness (QED) is 0.679. The topological polar surface area (TPSA) is 48.3 Å². The highest BCUT2D eigenvalue weighted by molar-refractivity contribution is 9.09. The van der Waals surface area contributed by atoms with Crippen LogP contribution in [0.15, 0.2) is 44.2 Å². The second kappa shape index (κ2) is 4.98. The number of aromatic nitrogens is 1. The van der Waals surface area contributed by atoms with Crippen LogP contribution in [-0.4, -0.2) is 4.57 Å². The fourth-order valence-electron chi connectivity index (χ4n) is 2.33. The lowest BCUT2D eigenvalue weighted by Crippen LogP contribution is -2.11. The molecule has 0 saturated carbocycles. The van der Waals surface area contributed by atoms with Gasteiger partial charge in [-0.25, -0.2) is 4.79 Å². The van der Waals surface area contributed by atoms with Crippen LogP contribution in [-0.2, 0) is 6.54 Å². The Bertz CT molecular complexity index is 812. The molecule has 2 aromatic heterocycles. The molecule has 0 radical (unpaired) electrons. The van der Waals surface area contributed by atoms with Crippen molar-refractivity contribution >= 4 is 27.0 Å². The lowest BCUT2D eigenvalue weighted by atomic mass is 10.1. The fraction of sp³-hybridized carbons (Fsp3) is 0.267. The summed E-state index contributed by atoms with van der Waals surface area (Å²) in [6.45, 7) is 4.43. The van der Waals surface area contributed by atoms with Gasteiger partial charge in [-0.1, -0.05) is 22.0 Å². The van der Waals surface area contributed by atoms with Crippen LogP contribution in [0.1, 0.15) is 28.6 Å². The Labute approximate surface area is 124 Å². The van der Waals surface area contributed by atoms with Gasteiger partial charge in [-0.2, -0.15) is 0 Å². The first-order valence-corrected chi connectivity index (χ1v) is 7.34. The summed E-state index contributed by atoms with van der Waals surface area (Å²) in [4.78, 5) is 11.7. The van der Waals surface area contributed by atoms with Crippen molar-refractivity contribution in [2.75, 3.05) is 0 Å². The zero-order chi connectivity index (χ0) is 14.3. The molecule has 3 aromatic rings.